The fourth-order valence-corrected chi connectivity index (χ4v) is 9.40. The van der Waals surface area contributed by atoms with Gasteiger partial charge >= 0.3 is 0 Å². The highest BCUT2D eigenvalue weighted by atomic mass is 32.2. The molecule has 0 amide bonds. The number of thioether (sulfide) groups is 1. The Morgan fingerprint density at radius 3 is 1.55 bits per heavy atom. The van der Waals surface area contributed by atoms with Gasteiger partial charge < -0.3 is 14.5 Å². The number of fused-ring (bicyclic) bond motifs is 7. The van der Waals surface area contributed by atoms with Gasteiger partial charge in [-0.1, -0.05) is 139 Å². The molecule has 1 unspecified atom stereocenters. The van der Waals surface area contributed by atoms with Gasteiger partial charge in [-0.2, -0.15) is 0 Å². The van der Waals surface area contributed by atoms with Crippen LogP contribution >= 0.6 is 11.8 Å². The largest absolute Gasteiger partial charge is 0.368 e. The Labute approximate surface area is 311 Å². The number of hydrogen-bond acceptors (Lipinski definition) is 2. The summed E-state index contributed by atoms with van der Waals surface area (Å²) >= 11 is 1.89. The molecule has 0 saturated carbocycles. The van der Waals surface area contributed by atoms with Crippen LogP contribution in [0.5, 0.6) is 0 Å². The Bertz CT molecular complexity index is 2980. The molecule has 1 aliphatic heterocycles. The van der Waals surface area contributed by atoms with Crippen molar-refractivity contribution in [2.24, 2.45) is 0 Å². The molecular formula is C49H33N3S. The molecule has 0 saturated heterocycles. The highest BCUT2D eigenvalue weighted by Crippen LogP contribution is 2.48. The van der Waals surface area contributed by atoms with Crippen molar-refractivity contribution in [3.8, 4) is 33.6 Å². The van der Waals surface area contributed by atoms with Crippen LogP contribution in [0.25, 0.3) is 77.2 Å². The number of nitrogens with zero attached hydrogens (tertiary/aromatic N) is 2. The molecule has 0 aliphatic carbocycles. The van der Waals surface area contributed by atoms with E-state index in [2.05, 4.69) is 203 Å². The average Bonchev–Trinajstić information content (AvgIpc) is 3.90. The van der Waals surface area contributed by atoms with Gasteiger partial charge in [0.05, 0.1) is 22.1 Å². The molecule has 8 aromatic carbocycles. The highest BCUT2D eigenvalue weighted by molar-refractivity contribution is 8.00. The molecule has 11 rings (SSSR count). The molecule has 0 radical (unpaired) electrons. The summed E-state index contributed by atoms with van der Waals surface area (Å²) in [7, 11) is 0. The first-order valence-electron chi connectivity index (χ1n) is 18.1. The van der Waals surface area contributed by atoms with E-state index in [1.807, 2.05) is 11.8 Å². The average molecular weight is 696 g/mol. The maximum absolute atomic E-state index is 3.74. The topological polar surface area (TPSA) is 21.9 Å². The van der Waals surface area contributed by atoms with E-state index in [1.54, 1.807) is 0 Å². The van der Waals surface area contributed by atoms with Crippen LogP contribution in [0.4, 0.5) is 5.69 Å². The third kappa shape index (κ3) is 4.91. The number of nitrogens with one attached hydrogen (secondary N) is 1. The lowest BCUT2D eigenvalue weighted by Crippen LogP contribution is -2.00. The van der Waals surface area contributed by atoms with E-state index in [0.717, 1.165) is 5.69 Å². The summed E-state index contributed by atoms with van der Waals surface area (Å²) in [6, 6.07) is 68.5. The summed E-state index contributed by atoms with van der Waals surface area (Å²) in [6.45, 7) is 0. The molecule has 0 spiro atoms. The maximum atomic E-state index is 3.74. The fraction of sp³-hybridized carbons (Fsp3) is 0.0204. The van der Waals surface area contributed by atoms with Crippen LogP contribution in [0.3, 0.4) is 0 Å². The smallest absolute Gasteiger partial charge is 0.103 e. The quantitative estimate of drug-likeness (QED) is 0.194. The predicted octanol–water partition coefficient (Wildman–Crippen LogP) is 13.4. The van der Waals surface area contributed by atoms with E-state index in [-0.39, 0.29) is 5.37 Å². The molecule has 3 nitrogen and oxygen atoms in total. The minimum absolute atomic E-state index is 0.190. The third-order valence-electron chi connectivity index (χ3n) is 10.8. The van der Waals surface area contributed by atoms with E-state index in [0.29, 0.717) is 0 Å². The SMILES string of the molecule is c1ccc(-c2ccc(C3Nc4ccc(-c5ccc(-n6c7ccccc7c7cc8c9ccccc9n(-c9ccccc9)c8cc76)cc5)cc4S3)cc2)cc1. The Balaban J connectivity index is 0.958. The minimum atomic E-state index is 0.190. The Morgan fingerprint density at radius 2 is 0.887 bits per heavy atom. The number of aromatic nitrogens is 2. The van der Waals surface area contributed by atoms with Crippen molar-refractivity contribution in [2.75, 3.05) is 5.32 Å². The number of anilines is 1. The van der Waals surface area contributed by atoms with Gasteiger partial charge in [-0.25, -0.2) is 0 Å². The molecule has 10 aromatic rings. The zero-order valence-corrected chi connectivity index (χ0v) is 29.6. The van der Waals surface area contributed by atoms with Crippen LogP contribution < -0.4 is 5.32 Å². The van der Waals surface area contributed by atoms with Crippen LogP contribution in [0.2, 0.25) is 0 Å². The standard InChI is InChI=1S/C49H33N3S/c1-3-11-32(12-4-1)33-19-21-35(22-20-33)49-50-43-28-25-36(29-48(43)53-49)34-23-26-38(27-24-34)52-45-18-10-8-16-40(45)42-30-41-39-15-7-9-17-44(39)51(46(41)31-47(42)52)37-13-5-2-6-14-37/h1-31,49-50H. The second-order valence-electron chi connectivity index (χ2n) is 13.8. The van der Waals surface area contributed by atoms with Crippen molar-refractivity contribution in [1.29, 1.82) is 0 Å². The van der Waals surface area contributed by atoms with Gasteiger partial charge in [-0.05, 0) is 88.5 Å². The second-order valence-corrected chi connectivity index (χ2v) is 15.0. The minimum Gasteiger partial charge on any atom is -0.368 e. The summed E-state index contributed by atoms with van der Waals surface area (Å²) in [6.07, 6.45) is 0. The van der Waals surface area contributed by atoms with Crippen LogP contribution in [0.15, 0.2) is 193 Å². The van der Waals surface area contributed by atoms with Gasteiger partial charge in [0.2, 0.25) is 0 Å². The predicted molar refractivity (Wildman–Crippen MR) is 225 cm³/mol. The zero-order chi connectivity index (χ0) is 34.9. The van der Waals surface area contributed by atoms with Crippen LogP contribution in [-0.4, -0.2) is 9.13 Å². The van der Waals surface area contributed by atoms with E-state index in [1.165, 1.54) is 87.7 Å². The van der Waals surface area contributed by atoms with Gasteiger partial charge in [0.15, 0.2) is 0 Å². The highest BCUT2D eigenvalue weighted by Gasteiger charge is 2.24. The van der Waals surface area contributed by atoms with Crippen molar-refractivity contribution in [1.82, 2.24) is 9.13 Å². The first kappa shape index (κ1) is 30.2. The first-order valence-corrected chi connectivity index (χ1v) is 19.0. The molecule has 1 aliphatic rings. The maximum Gasteiger partial charge on any atom is 0.103 e. The monoisotopic (exact) mass is 695 g/mol. The molecular weight excluding hydrogens is 663 g/mol. The molecule has 3 heterocycles. The molecule has 4 heteroatoms. The van der Waals surface area contributed by atoms with Gasteiger partial charge in [0.1, 0.15) is 5.37 Å². The van der Waals surface area contributed by atoms with Gasteiger partial charge in [0.25, 0.3) is 0 Å². The molecule has 53 heavy (non-hydrogen) atoms. The fourth-order valence-electron chi connectivity index (χ4n) is 8.22. The summed E-state index contributed by atoms with van der Waals surface area (Å²) in [4.78, 5) is 1.28. The van der Waals surface area contributed by atoms with Crippen LogP contribution in [-0.2, 0) is 0 Å². The van der Waals surface area contributed by atoms with E-state index in [4.69, 9.17) is 0 Å². The zero-order valence-electron chi connectivity index (χ0n) is 28.8. The lowest BCUT2D eigenvalue weighted by Gasteiger charge is -2.11. The number of benzene rings is 8. The first-order chi connectivity index (χ1) is 26.3. The molecule has 250 valence electrons. The Kier molecular flexibility index (Phi) is 6.86. The lowest BCUT2D eigenvalue weighted by atomic mass is 10.0. The summed E-state index contributed by atoms with van der Waals surface area (Å²) < 4.78 is 4.83. The van der Waals surface area contributed by atoms with E-state index < -0.39 is 0 Å². The molecule has 0 bridgehead atoms. The number of hydrogen-bond donors (Lipinski definition) is 1. The lowest BCUT2D eigenvalue weighted by molar-refractivity contribution is 1.13. The second kappa shape index (κ2) is 12.0. The summed E-state index contributed by atoms with van der Waals surface area (Å²) in [5, 5.41) is 9.00. The molecule has 1 atom stereocenters. The molecule has 1 N–H and O–H groups in total. The van der Waals surface area contributed by atoms with E-state index in [9.17, 15) is 0 Å². The van der Waals surface area contributed by atoms with Gasteiger partial charge in [0, 0.05) is 43.5 Å². The molecule has 0 fully saturated rings. The van der Waals surface area contributed by atoms with Crippen LogP contribution in [0, 0.1) is 0 Å². The number of para-hydroxylation sites is 3. The van der Waals surface area contributed by atoms with E-state index >= 15 is 0 Å². The Morgan fingerprint density at radius 1 is 0.377 bits per heavy atom. The van der Waals surface area contributed by atoms with Gasteiger partial charge in [-0.3, -0.25) is 0 Å². The van der Waals surface area contributed by atoms with Crippen molar-refractivity contribution in [3.63, 3.8) is 0 Å². The summed E-state index contributed by atoms with van der Waals surface area (Å²) in [5.74, 6) is 0. The van der Waals surface area contributed by atoms with Crippen molar-refractivity contribution < 1.29 is 0 Å². The van der Waals surface area contributed by atoms with Crippen molar-refractivity contribution in [3.05, 3.63) is 194 Å². The van der Waals surface area contributed by atoms with Crippen molar-refractivity contribution >= 4 is 61.1 Å². The Hall–Kier alpha value is -6.49. The van der Waals surface area contributed by atoms with Gasteiger partial charge in [-0.15, -0.1) is 0 Å². The molecule has 2 aromatic heterocycles. The van der Waals surface area contributed by atoms with Crippen LogP contribution in [0.1, 0.15) is 10.9 Å². The van der Waals surface area contributed by atoms with Crippen molar-refractivity contribution in [2.45, 2.75) is 10.3 Å². The number of rotatable bonds is 5. The normalized spacial score (nSPS) is 13.9. The summed E-state index contributed by atoms with van der Waals surface area (Å²) in [5.41, 5.74) is 14.5. The third-order valence-corrected chi connectivity index (χ3v) is 12.0.